The van der Waals surface area contributed by atoms with Crippen molar-refractivity contribution in [2.75, 3.05) is 0 Å². The summed E-state index contributed by atoms with van der Waals surface area (Å²) in [6, 6.07) is 1.88. The molecule has 0 bridgehead atoms. The first kappa shape index (κ1) is 10.6. The van der Waals surface area contributed by atoms with E-state index in [-0.39, 0.29) is 5.78 Å². The predicted octanol–water partition coefficient (Wildman–Crippen LogP) is 1.03. The van der Waals surface area contributed by atoms with Crippen LogP contribution in [0.15, 0.2) is 18.5 Å². The standard InChI is InChI=1S/C11H10N6O/c1-6-3-9-14-15-11(17(9)16-6)10-12-4-8(5-13-10)7(2)18/h3-5,14H,1-2H3. The van der Waals surface area contributed by atoms with E-state index in [0.717, 1.165) is 11.3 Å². The Kier molecular flexibility index (Phi) is 2.19. The third-order valence-electron chi connectivity index (χ3n) is 2.57. The minimum atomic E-state index is -0.0661. The van der Waals surface area contributed by atoms with Crippen LogP contribution in [-0.2, 0) is 0 Å². The quantitative estimate of drug-likeness (QED) is 0.678. The summed E-state index contributed by atoms with van der Waals surface area (Å²) >= 11 is 0. The molecule has 3 aromatic rings. The molecule has 7 heteroatoms. The van der Waals surface area contributed by atoms with Gasteiger partial charge in [0.1, 0.15) is 0 Å². The van der Waals surface area contributed by atoms with E-state index in [1.54, 1.807) is 4.52 Å². The third kappa shape index (κ3) is 1.56. The first-order valence-electron chi connectivity index (χ1n) is 5.39. The number of nitrogens with zero attached hydrogens (tertiary/aromatic N) is 5. The predicted molar refractivity (Wildman–Crippen MR) is 63.1 cm³/mol. The van der Waals surface area contributed by atoms with Crippen LogP contribution in [-0.4, -0.2) is 35.6 Å². The molecule has 3 rings (SSSR count). The van der Waals surface area contributed by atoms with E-state index in [4.69, 9.17) is 0 Å². The Morgan fingerprint density at radius 1 is 1.33 bits per heavy atom. The Morgan fingerprint density at radius 2 is 2.06 bits per heavy atom. The van der Waals surface area contributed by atoms with Crippen LogP contribution in [0.5, 0.6) is 0 Å². The summed E-state index contributed by atoms with van der Waals surface area (Å²) in [6.07, 6.45) is 2.98. The fourth-order valence-electron chi connectivity index (χ4n) is 1.67. The van der Waals surface area contributed by atoms with Crippen molar-refractivity contribution in [3.05, 3.63) is 29.7 Å². The second kappa shape index (κ2) is 3.73. The van der Waals surface area contributed by atoms with Gasteiger partial charge in [0.05, 0.1) is 11.3 Å². The minimum absolute atomic E-state index is 0.0661. The van der Waals surface area contributed by atoms with Crippen molar-refractivity contribution < 1.29 is 4.79 Å². The number of carbonyl (C=O) groups excluding carboxylic acids is 1. The molecule has 0 fully saturated rings. The molecule has 90 valence electrons. The Labute approximate surface area is 102 Å². The van der Waals surface area contributed by atoms with Gasteiger partial charge < -0.3 is 0 Å². The highest BCUT2D eigenvalue weighted by Gasteiger charge is 2.12. The maximum Gasteiger partial charge on any atom is 0.220 e. The third-order valence-corrected chi connectivity index (χ3v) is 2.57. The molecule has 0 aromatic carbocycles. The highest BCUT2D eigenvalue weighted by atomic mass is 16.1. The normalized spacial score (nSPS) is 11.0. The largest absolute Gasteiger partial charge is 0.294 e. The van der Waals surface area contributed by atoms with Gasteiger partial charge in [-0.15, -0.1) is 5.10 Å². The van der Waals surface area contributed by atoms with Crippen LogP contribution < -0.4 is 0 Å². The number of hydrogen-bond acceptors (Lipinski definition) is 5. The van der Waals surface area contributed by atoms with Crippen LogP contribution in [0, 0.1) is 6.92 Å². The number of rotatable bonds is 2. The molecule has 0 radical (unpaired) electrons. The molecule has 0 atom stereocenters. The summed E-state index contributed by atoms with van der Waals surface area (Å²) < 4.78 is 1.64. The monoisotopic (exact) mass is 242 g/mol. The molecule has 0 aliphatic rings. The average molecular weight is 242 g/mol. The molecule has 1 N–H and O–H groups in total. The lowest BCUT2D eigenvalue weighted by molar-refractivity contribution is 0.101. The van der Waals surface area contributed by atoms with Gasteiger partial charge in [0.15, 0.2) is 17.3 Å². The lowest BCUT2D eigenvalue weighted by Crippen LogP contribution is -1.99. The van der Waals surface area contributed by atoms with E-state index >= 15 is 0 Å². The summed E-state index contributed by atoms with van der Waals surface area (Å²) in [5.41, 5.74) is 2.13. The molecule has 0 aliphatic heterocycles. The van der Waals surface area contributed by atoms with Crippen molar-refractivity contribution in [3.63, 3.8) is 0 Å². The molecule has 0 saturated heterocycles. The summed E-state index contributed by atoms with van der Waals surface area (Å²) in [5, 5.41) is 11.2. The number of aromatic amines is 1. The van der Waals surface area contributed by atoms with Gasteiger partial charge in [-0.3, -0.25) is 9.89 Å². The number of Topliss-reactive ketones (excluding diaryl/α,β-unsaturated/α-hetero) is 1. The fourth-order valence-corrected chi connectivity index (χ4v) is 1.67. The lowest BCUT2D eigenvalue weighted by Gasteiger charge is -1.97. The van der Waals surface area contributed by atoms with Gasteiger partial charge in [-0.1, -0.05) is 0 Å². The van der Waals surface area contributed by atoms with Gasteiger partial charge in [0, 0.05) is 18.5 Å². The van der Waals surface area contributed by atoms with E-state index in [1.807, 2.05) is 13.0 Å². The smallest absolute Gasteiger partial charge is 0.220 e. The first-order chi connectivity index (χ1) is 8.65. The second-order valence-electron chi connectivity index (χ2n) is 3.98. The minimum Gasteiger partial charge on any atom is -0.294 e. The SMILES string of the molecule is CC(=O)c1cnc(-c2n[nH]c3cc(C)nn23)nc1. The van der Waals surface area contributed by atoms with Crippen LogP contribution in [0.1, 0.15) is 23.0 Å². The molecule has 0 aliphatic carbocycles. The van der Waals surface area contributed by atoms with Gasteiger partial charge in [0.25, 0.3) is 0 Å². The first-order valence-corrected chi connectivity index (χ1v) is 5.39. The fraction of sp³-hybridized carbons (Fsp3) is 0.182. The summed E-state index contributed by atoms with van der Waals surface area (Å²) in [6.45, 7) is 3.37. The lowest BCUT2D eigenvalue weighted by atomic mass is 10.2. The van der Waals surface area contributed by atoms with Crippen molar-refractivity contribution in [2.24, 2.45) is 0 Å². The summed E-state index contributed by atoms with van der Waals surface area (Å²) in [7, 11) is 0. The van der Waals surface area contributed by atoms with E-state index in [0.29, 0.717) is 17.2 Å². The molecule has 18 heavy (non-hydrogen) atoms. The number of hydrogen-bond donors (Lipinski definition) is 1. The summed E-state index contributed by atoms with van der Waals surface area (Å²) in [5.74, 6) is 0.881. The molecule has 0 unspecified atom stereocenters. The zero-order valence-electron chi connectivity index (χ0n) is 9.88. The Balaban J connectivity index is 2.11. The van der Waals surface area contributed by atoms with Crippen molar-refractivity contribution in [1.82, 2.24) is 29.8 Å². The molecule has 3 heterocycles. The van der Waals surface area contributed by atoms with Gasteiger partial charge >= 0.3 is 0 Å². The Bertz CT molecular complexity index is 724. The summed E-state index contributed by atoms with van der Waals surface area (Å²) in [4.78, 5) is 19.4. The second-order valence-corrected chi connectivity index (χ2v) is 3.98. The Morgan fingerprint density at radius 3 is 2.72 bits per heavy atom. The van der Waals surface area contributed by atoms with Crippen molar-refractivity contribution in [3.8, 4) is 11.6 Å². The zero-order chi connectivity index (χ0) is 12.7. The topological polar surface area (TPSA) is 88.8 Å². The highest BCUT2D eigenvalue weighted by molar-refractivity contribution is 5.93. The van der Waals surface area contributed by atoms with Gasteiger partial charge in [-0.05, 0) is 13.8 Å². The number of H-pyrrole nitrogens is 1. The molecule has 0 amide bonds. The number of aryl methyl sites for hydroxylation is 1. The molecule has 0 spiro atoms. The van der Waals surface area contributed by atoms with Crippen LogP contribution in [0.25, 0.3) is 17.3 Å². The molecule has 3 aromatic heterocycles. The number of nitrogens with one attached hydrogen (secondary N) is 1. The van der Waals surface area contributed by atoms with Crippen LogP contribution >= 0.6 is 0 Å². The molecule has 7 nitrogen and oxygen atoms in total. The number of fused-ring (bicyclic) bond motifs is 1. The van der Waals surface area contributed by atoms with E-state index in [2.05, 4.69) is 25.3 Å². The number of carbonyl (C=O) groups is 1. The molecular formula is C11H10N6O. The van der Waals surface area contributed by atoms with Crippen LogP contribution in [0.3, 0.4) is 0 Å². The maximum absolute atomic E-state index is 11.1. The van der Waals surface area contributed by atoms with E-state index in [1.165, 1.54) is 19.3 Å². The number of ketones is 1. The van der Waals surface area contributed by atoms with Gasteiger partial charge in [-0.2, -0.15) is 9.61 Å². The zero-order valence-corrected chi connectivity index (χ0v) is 9.88. The molecular weight excluding hydrogens is 232 g/mol. The van der Waals surface area contributed by atoms with Crippen LogP contribution in [0.2, 0.25) is 0 Å². The van der Waals surface area contributed by atoms with Crippen molar-refractivity contribution in [1.29, 1.82) is 0 Å². The van der Waals surface area contributed by atoms with Crippen molar-refractivity contribution in [2.45, 2.75) is 13.8 Å². The van der Waals surface area contributed by atoms with Gasteiger partial charge in [0.2, 0.25) is 5.82 Å². The highest BCUT2D eigenvalue weighted by Crippen LogP contribution is 2.14. The van der Waals surface area contributed by atoms with E-state index in [9.17, 15) is 4.79 Å². The number of aromatic nitrogens is 6. The Hall–Kier alpha value is -2.57. The van der Waals surface area contributed by atoms with Crippen LogP contribution in [0.4, 0.5) is 0 Å². The maximum atomic E-state index is 11.1. The molecule has 0 saturated carbocycles. The van der Waals surface area contributed by atoms with Gasteiger partial charge in [-0.25, -0.2) is 9.97 Å². The van der Waals surface area contributed by atoms with Crippen molar-refractivity contribution >= 4 is 11.4 Å². The average Bonchev–Trinajstić information content (AvgIpc) is 2.88. The van der Waals surface area contributed by atoms with E-state index < -0.39 is 0 Å².